The summed E-state index contributed by atoms with van der Waals surface area (Å²) in [5, 5.41) is 11.8. The van der Waals surface area contributed by atoms with Gasteiger partial charge in [0.05, 0.1) is 29.0 Å². The molecule has 1 aromatic carbocycles. The summed E-state index contributed by atoms with van der Waals surface area (Å²) in [5.41, 5.74) is 0.674. The molecule has 1 saturated heterocycles. The molecule has 2 fully saturated rings. The van der Waals surface area contributed by atoms with Gasteiger partial charge in [-0.1, -0.05) is 11.6 Å². The van der Waals surface area contributed by atoms with E-state index in [1.54, 1.807) is 12.1 Å². The Balaban J connectivity index is 1.11. The number of thiazole rings is 1. The van der Waals surface area contributed by atoms with Crippen molar-refractivity contribution >= 4 is 39.1 Å². The second-order valence-corrected chi connectivity index (χ2v) is 9.50. The van der Waals surface area contributed by atoms with Crippen LogP contribution < -0.4 is 5.32 Å². The smallest absolute Gasteiger partial charge is 0.422 e. The summed E-state index contributed by atoms with van der Waals surface area (Å²) in [6.45, 7) is 0.260. The highest BCUT2D eigenvalue weighted by Gasteiger charge is 2.42. The molecule has 1 N–H and O–H groups in total. The number of nitrogens with zero attached hydrogens (tertiary/aromatic N) is 3. The normalized spacial score (nSPS) is 25.7. The predicted octanol–water partition coefficient (Wildman–Crippen LogP) is 4.77. The Labute approximate surface area is 194 Å². The monoisotopic (exact) mass is 502 g/mol. The summed E-state index contributed by atoms with van der Waals surface area (Å²) in [4.78, 5) is 16.9. The van der Waals surface area contributed by atoms with Crippen LogP contribution in [0.15, 0.2) is 22.6 Å². The minimum absolute atomic E-state index is 0.179. The van der Waals surface area contributed by atoms with Crippen LogP contribution in [0.5, 0.6) is 0 Å². The molecular formula is C20H18ClF3N4O4S. The maximum Gasteiger partial charge on any atom is 0.522 e. The summed E-state index contributed by atoms with van der Waals surface area (Å²) >= 11 is 7.26. The Hall–Kier alpha value is -2.28. The summed E-state index contributed by atoms with van der Waals surface area (Å²) < 4.78 is 53.1. The van der Waals surface area contributed by atoms with Gasteiger partial charge < -0.3 is 14.5 Å². The predicted molar refractivity (Wildman–Crippen MR) is 111 cm³/mol. The highest BCUT2D eigenvalue weighted by molar-refractivity contribution is 7.20. The van der Waals surface area contributed by atoms with Crippen LogP contribution in [0.2, 0.25) is 5.02 Å². The molecule has 0 radical (unpaired) electrons. The molecule has 2 aromatic heterocycles. The maximum atomic E-state index is 12.6. The van der Waals surface area contributed by atoms with Crippen LogP contribution >= 0.6 is 22.9 Å². The number of nitrogens with one attached hydrogen (secondary N) is 1. The van der Waals surface area contributed by atoms with Crippen molar-refractivity contribution in [2.75, 3.05) is 6.61 Å². The van der Waals surface area contributed by atoms with Gasteiger partial charge in [-0.25, -0.2) is 4.98 Å². The lowest BCUT2D eigenvalue weighted by Gasteiger charge is -2.33. The van der Waals surface area contributed by atoms with Gasteiger partial charge in [0, 0.05) is 10.9 Å². The van der Waals surface area contributed by atoms with Crippen LogP contribution in [0, 0.1) is 0 Å². The number of carbonyl (C=O) groups excluding carboxylic acids is 1. The van der Waals surface area contributed by atoms with Crippen LogP contribution in [0.1, 0.15) is 59.3 Å². The van der Waals surface area contributed by atoms with E-state index in [4.69, 9.17) is 20.8 Å². The van der Waals surface area contributed by atoms with Crippen LogP contribution in [-0.4, -0.2) is 46.2 Å². The number of halogens is 4. The number of ether oxygens (including phenoxy) is 2. The molecule has 176 valence electrons. The Kier molecular flexibility index (Phi) is 6.02. The second kappa shape index (κ2) is 8.82. The number of hydrogen-bond acceptors (Lipinski definition) is 8. The second-order valence-electron chi connectivity index (χ2n) is 8.03. The Morgan fingerprint density at radius 3 is 2.73 bits per heavy atom. The molecule has 1 amide bonds. The van der Waals surface area contributed by atoms with Crippen molar-refractivity contribution in [2.45, 2.75) is 56.2 Å². The van der Waals surface area contributed by atoms with Crippen LogP contribution in [0.25, 0.3) is 10.2 Å². The van der Waals surface area contributed by atoms with Gasteiger partial charge >= 0.3 is 6.36 Å². The van der Waals surface area contributed by atoms with Gasteiger partial charge in [0.25, 0.3) is 5.91 Å². The molecule has 3 heterocycles. The third-order valence-electron chi connectivity index (χ3n) is 5.63. The first-order valence-electron chi connectivity index (χ1n) is 10.3. The van der Waals surface area contributed by atoms with Crippen molar-refractivity contribution in [1.29, 1.82) is 0 Å². The number of hydrogen-bond donors (Lipinski definition) is 1. The standard InChI is InChI=1S/C20H18ClF3N4O4S/c21-10-1-4-15-13(7-10)26-19(33-15)16(29)25-11-2-3-14(30-8-11)18-28-27-17(31-18)9-5-12(6-9)32-20(22,23)24/h1,4,7,9,11-12,14H,2-3,5-6,8H2,(H,25,29)/t9?,11-,12?,14+/m0/s1. The van der Waals surface area contributed by atoms with E-state index in [0.717, 1.165) is 4.70 Å². The minimum atomic E-state index is -4.64. The number of rotatable bonds is 5. The highest BCUT2D eigenvalue weighted by Crippen LogP contribution is 2.41. The molecule has 5 rings (SSSR count). The van der Waals surface area contributed by atoms with Gasteiger partial charge in [-0.3, -0.25) is 9.53 Å². The molecule has 2 atom stereocenters. The largest absolute Gasteiger partial charge is 0.522 e. The van der Waals surface area contributed by atoms with Gasteiger partial charge in [-0.05, 0) is 43.9 Å². The number of aromatic nitrogens is 3. The van der Waals surface area contributed by atoms with E-state index in [1.807, 2.05) is 6.07 Å². The lowest BCUT2D eigenvalue weighted by atomic mass is 9.82. The average molecular weight is 503 g/mol. The molecule has 1 aliphatic heterocycles. The van der Waals surface area contributed by atoms with Crippen molar-refractivity contribution in [3.05, 3.63) is 40.0 Å². The molecule has 1 aliphatic carbocycles. The van der Waals surface area contributed by atoms with E-state index in [1.165, 1.54) is 11.3 Å². The third-order valence-corrected chi connectivity index (χ3v) is 6.90. The van der Waals surface area contributed by atoms with Crippen molar-refractivity contribution in [3.63, 3.8) is 0 Å². The van der Waals surface area contributed by atoms with E-state index in [0.29, 0.717) is 34.3 Å². The molecule has 0 unspecified atom stereocenters. The fraction of sp³-hybridized carbons (Fsp3) is 0.500. The molecular weight excluding hydrogens is 485 g/mol. The molecule has 0 bridgehead atoms. The number of carbonyl (C=O) groups is 1. The molecule has 13 heteroatoms. The van der Waals surface area contributed by atoms with E-state index in [2.05, 4.69) is 25.2 Å². The zero-order valence-electron chi connectivity index (χ0n) is 17.0. The van der Waals surface area contributed by atoms with Crippen LogP contribution in [0.4, 0.5) is 13.2 Å². The maximum absolute atomic E-state index is 12.6. The summed E-state index contributed by atoms with van der Waals surface area (Å²) in [6, 6.07) is 5.09. The van der Waals surface area contributed by atoms with E-state index in [9.17, 15) is 18.0 Å². The first-order chi connectivity index (χ1) is 15.7. The van der Waals surface area contributed by atoms with Crippen LogP contribution in [-0.2, 0) is 9.47 Å². The summed E-state index contributed by atoms with van der Waals surface area (Å²) in [5.74, 6) is 0.0537. The highest BCUT2D eigenvalue weighted by atomic mass is 35.5. The quantitative estimate of drug-likeness (QED) is 0.536. The first-order valence-corrected chi connectivity index (χ1v) is 11.5. The Morgan fingerprint density at radius 1 is 1.21 bits per heavy atom. The fourth-order valence-electron chi connectivity index (χ4n) is 3.90. The lowest BCUT2D eigenvalue weighted by Crippen LogP contribution is -2.41. The van der Waals surface area contributed by atoms with Gasteiger partial charge in [0.1, 0.15) is 6.10 Å². The average Bonchev–Trinajstić information content (AvgIpc) is 3.37. The van der Waals surface area contributed by atoms with Crippen molar-refractivity contribution in [3.8, 4) is 0 Å². The zero-order valence-corrected chi connectivity index (χ0v) is 18.5. The van der Waals surface area contributed by atoms with E-state index >= 15 is 0 Å². The zero-order chi connectivity index (χ0) is 23.2. The van der Waals surface area contributed by atoms with E-state index in [-0.39, 0.29) is 43.2 Å². The Morgan fingerprint density at radius 2 is 2.00 bits per heavy atom. The topological polar surface area (TPSA) is 99.4 Å². The van der Waals surface area contributed by atoms with Crippen LogP contribution in [0.3, 0.4) is 0 Å². The molecule has 1 saturated carbocycles. The Bertz CT molecular complexity index is 1160. The fourth-order valence-corrected chi connectivity index (χ4v) is 4.91. The molecule has 2 aliphatic rings. The van der Waals surface area contributed by atoms with Gasteiger partial charge in [0.15, 0.2) is 5.01 Å². The molecule has 0 spiro atoms. The van der Waals surface area contributed by atoms with Crippen molar-refractivity contribution < 1.29 is 31.9 Å². The van der Waals surface area contributed by atoms with Gasteiger partial charge in [-0.15, -0.1) is 34.7 Å². The SMILES string of the molecule is O=C(N[C@H]1CC[C@H](c2nnc(C3CC(OC(F)(F)F)C3)o2)OC1)c1nc2cc(Cl)ccc2s1. The number of alkyl halides is 3. The van der Waals surface area contributed by atoms with Gasteiger partial charge in [0.2, 0.25) is 11.8 Å². The third kappa shape index (κ3) is 5.13. The number of amides is 1. The van der Waals surface area contributed by atoms with E-state index < -0.39 is 18.6 Å². The number of benzene rings is 1. The van der Waals surface area contributed by atoms with Gasteiger partial charge in [-0.2, -0.15) is 0 Å². The summed E-state index contributed by atoms with van der Waals surface area (Å²) in [6.07, 6.45) is -4.41. The molecule has 33 heavy (non-hydrogen) atoms. The van der Waals surface area contributed by atoms with Crippen molar-refractivity contribution in [2.24, 2.45) is 0 Å². The first kappa shape index (κ1) is 22.5. The minimum Gasteiger partial charge on any atom is -0.422 e. The molecule has 3 aromatic rings. The number of fused-ring (bicyclic) bond motifs is 1. The lowest BCUT2D eigenvalue weighted by molar-refractivity contribution is -0.352. The summed E-state index contributed by atoms with van der Waals surface area (Å²) in [7, 11) is 0. The molecule has 8 nitrogen and oxygen atoms in total. The van der Waals surface area contributed by atoms with Crippen molar-refractivity contribution in [1.82, 2.24) is 20.5 Å².